The molecule has 1 saturated heterocycles. The Labute approximate surface area is 93.4 Å². The van der Waals surface area contributed by atoms with Crippen LogP contribution in [0.4, 0.5) is 4.39 Å². The maximum Gasteiger partial charge on any atom is 0.123 e. The van der Waals surface area contributed by atoms with Gasteiger partial charge >= 0.3 is 0 Å². The second-order valence-corrected chi connectivity index (χ2v) is 5.10. The predicted molar refractivity (Wildman–Crippen MR) is 61.9 cm³/mol. The van der Waals surface area contributed by atoms with Crippen LogP contribution in [0.5, 0.6) is 0 Å². The summed E-state index contributed by atoms with van der Waals surface area (Å²) in [5.74, 6) is 6.53. The second kappa shape index (κ2) is 4.96. The molecule has 1 fully saturated rings. The molecule has 3 N–H and O–H groups in total. The van der Waals surface area contributed by atoms with Crippen molar-refractivity contribution in [3.05, 3.63) is 35.6 Å². The van der Waals surface area contributed by atoms with Crippen molar-refractivity contribution in [2.75, 3.05) is 5.75 Å². The third kappa shape index (κ3) is 2.51. The Morgan fingerprint density at radius 3 is 3.00 bits per heavy atom. The summed E-state index contributed by atoms with van der Waals surface area (Å²) in [7, 11) is 0. The van der Waals surface area contributed by atoms with Crippen LogP contribution in [-0.2, 0) is 0 Å². The molecule has 0 spiro atoms. The lowest BCUT2D eigenvalue weighted by Gasteiger charge is -2.22. The summed E-state index contributed by atoms with van der Waals surface area (Å²) >= 11 is 1.91. The van der Waals surface area contributed by atoms with E-state index in [1.807, 2.05) is 17.8 Å². The lowest BCUT2D eigenvalue weighted by molar-refractivity contribution is 0.515. The summed E-state index contributed by atoms with van der Waals surface area (Å²) in [6, 6.07) is 6.73. The molecule has 1 aromatic rings. The van der Waals surface area contributed by atoms with Crippen LogP contribution in [0.3, 0.4) is 0 Å². The van der Waals surface area contributed by atoms with Crippen molar-refractivity contribution in [1.29, 1.82) is 0 Å². The normalized spacial score (nSPS) is 22.9. The molecule has 1 aromatic carbocycles. The van der Waals surface area contributed by atoms with E-state index >= 15 is 0 Å². The van der Waals surface area contributed by atoms with Crippen LogP contribution in [0, 0.1) is 5.82 Å². The van der Waals surface area contributed by atoms with E-state index in [0.29, 0.717) is 5.25 Å². The van der Waals surface area contributed by atoms with Gasteiger partial charge in [-0.15, -0.1) is 0 Å². The molecule has 2 unspecified atom stereocenters. The van der Waals surface area contributed by atoms with Crippen LogP contribution in [0.25, 0.3) is 0 Å². The van der Waals surface area contributed by atoms with Crippen LogP contribution in [0.2, 0.25) is 0 Å². The fourth-order valence-electron chi connectivity index (χ4n) is 1.98. The van der Waals surface area contributed by atoms with Gasteiger partial charge in [-0.25, -0.2) is 4.39 Å². The van der Waals surface area contributed by atoms with E-state index in [0.717, 1.165) is 12.0 Å². The average molecular weight is 226 g/mol. The smallest absolute Gasteiger partial charge is 0.123 e. The molecule has 1 heterocycles. The number of hydrogen-bond donors (Lipinski definition) is 2. The van der Waals surface area contributed by atoms with Crippen molar-refractivity contribution in [3.8, 4) is 0 Å². The van der Waals surface area contributed by atoms with Gasteiger partial charge in [-0.2, -0.15) is 11.8 Å². The quantitative estimate of drug-likeness (QED) is 0.613. The van der Waals surface area contributed by atoms with Crippen molar-refractivity contribution >= 4 is 11.8 Å². The molecule has 4 heteroatoms. The number of nitrogens with two attached hydrogens (primary N) is 1. The lowest BCUT2D eigenvalue weighted by atomic mass is 10.0. The Hall–Kier alpha value is -0.580. The molecule has 0 radical (unpaired) electrons. The molecule has 1 aliphatic heterocycles. The number of hydrazine groups is 1. The Bertz CT molecular complexity index is 326. The zero-order valence-corrected chi connectivity index (χ0v) is 9.27. The lowest BCUT2D eigenvalue weighted by Crippen LogP contribution is -2.34. The molecule has 0 bridgehead atoms. The molecule has 0 saturated carbocycles. The number of benzene rings is 1. The van der Waals surface area contributed by atoms with Gasteiger partial charge in [0.1, 0.15) is 5.82 Å². The zero-order valence-electron chi connectivity index (χ0n) is 8.45. The number of hydrogen-bond acceptors (Lipinski definition) is 3. The molecule has 15 heavy (non-hydrogen) atoms. The van der Waals surface area contributed by atoms with E-state index in [1.54, 1.807) is 12.1 Å². The van der Waals surface area contributed by atoms with Crippen LogP contribution < -0.4 is 11.3 Å². The van der Waals surface area contributed by atoms with E-state index in [1.165, 1.54) is 18.2 Å². The van der Waals surface area contributed by atoms with Gasteiger partial charge < -0.3 is 0 Å². The van der Waals surface area contributed by atoms with Crippen LogP contribution >= 0.6 is 11.8 Å². The fourth-order valence-corrected chi connectivity index (χ4v) is 3.38. The first kappa shape index (κ1) is 10.9. The highest BCUT2D eigenvalue weighted by molar-refractivity contribution is 8.00. The summed E-state index contributed by atoms with van der Waals surface area (Å²) < 4.78 is 13.1. The molecule has 0 aromatic heterocycles. The van der Waals surface area contributed by atoms with E-state index in [4.69, 9.17) is 5.84 Å². The van der Waals surface area contributed by atoms with Crippen molar-refractivity contribution in [2.24, 2.45) is 5.84 Å². The van der Waals surface area contributed by atoms with Crippen molar-refractivity contribution in [3.63, 3.8) is 0 Å². The van der Waals surface area contributed by atoms with E-state index < -0.39 is 0 Å². The van der Waals surface area contributed by atoms with Crippen molar-refractivity contribution in [2.45, 2.75) is 24.1 Å². The SMILES string of the molecule is NNC(c1cccc(F)c1)C1CCCS1. The number of nitrogens with one attached hydrogen (secondary N) is 1. The summed E-state index contributed by atoms with van der Waals surface area (Å²) in [4.78, 5) is 0. The molecule has 2 rings (SSSR count). The van der Waals surface area contributed by atoms with Gasteiger partial charge in [-0.3, -0.25) is 11.3 Å². The first-order chi connectivity index (χ1) is 7.31. The maximum absolute atomic E-state index is 13.1. The fraction of sp³-hybridized carbons (Fsp3) is 0.455. The minimum Gasteiger partial charge on any atom is -0.271 e. The Balaban J connectivity index is 2.18. The largest absolute Gasteiger partial charge is 0.271 e. The molecular weight excluding hydrogens is 211 g/mol. The first-order valence-electron chi connectivity index (χ1n) is 5.14. The Morgan fingerprint density at radius 2 is 2.40 bits per heavy atom. The van der Waals surface area contributed by atoms with Gasteiger partial charge in [0, 0.05) is 5.25 Å². The monoisotopic (exact) mass is 226 g/mol. The summed E-state index contributed by atoms with van der Waals surface area (Å²) in [6.07, 6.45) is 2.37. The summed E-state index contributed by atoms with van der Waals surface area (Å²) in [5.41, 5.74) is 3.74. The molecule has 2 nitrogen and oxygen atoms in total. The van der Waals surface area contributed by atoms with Crippen LogP contribution in [0.15, 0.2) is 24.3 Å². The highest BCUT2D eigenvalue weighted by Gasteiger charge is 2.26. The van der Waals surface area contributed by atoms with Crippen molar-refractivity contribution in [1.82, 2.24) is 5.43 Å². The van der Waals surface area contributed by atoms with E-state index in [2.05, 4.69) is 5.43 Å². The Morgan fingerprint density at radius 1 is 1.53 bits per heavy atom. The molecule has 0 aliphatic carbocycles. The van der Waals surface area contributed by atoms with Gasteiger partial charge in [0.15, 0.2) is 0 Å². The second-order valence-electron chi connectivity index (χ2n) is 3.75. The minimum absolute atomic E-state index is 0.0631. The summed E-state index contributed by atoms with van der Waals surface area (Å²) in [6.45, 7) is 0. The van der Waals surface area contributed by atoms with Gasteiger partial charge in [0.05, 0.1) is 6.04 Å². The first-order valence-corrected chi connectivity index (χ1v) is 6.19. The topological polar surface area (TPSA) is 38.0 Å². The van der Waals surface area contributed by atoms with Crippen molar-refractivity contribution < 1.29 is 4.39 Å². The highest BCUT2D eigenvalue weighted by atomic mass is 32.2. The molecule has 82 valence electrons. The molecule has 1 aliphatic rings. The third-order valence-corrected chi connectivity index (χ3v) is 4.18. The summed E-state index contributed by atoms with van der Waals surface area (Å²) in [5, 5.41) is 0.469. The average Bonchev–Trinajstić information content (AvgIpc) is 2.72. The van der Waals surface area contributed by atoms with Crippen LogP contribution in [0.1, 0.15) is 24.4 Å². The third-order valence-electron chi connectivity index (χ3n) is 2.72. The number of thioether (sulfide) groups is 1. The van der Waals surface area contributed by atoms with Gasteiger partial charge in [0.2, 0.25) is 0 Å². The van der Waals surface area contributed by atoms with Crippen LogP contribution in [-0.4, -0.2) is 11.0 Å². The minimum atomic E-state index is -0.198. The van der Waals surface area contributed by atoms with Gasteiger partial charge in [-0.05, 0) is 36.3 Å². The standard InChI is InChI=1S/C11H15FN2S/c12-9-4-1-3-8(7-9)11(14-13)10-5-2-6-15-10/h1,3-4,7,10-11,14H,2,5-6,13H2. The van der Waals surface area contributed by atoms with Gasteiger partial charge in [0.25, 0.3) is 0 Å². The predicted octanol–water partition coefficient (Wildman–Crippen LogP) is 2.23. The van der Waals surface area contributed by atoms with E-state index in [-0.39, 0.29) is 11.9 Å². The zero-order chi connectivity index (χ0) is 10.7. The van der Waals surface area contributed by atoms with Gasteiger partial charge in [-0.1, -0.05) is 12.1 Å². The molecule has 0 amide bonds. The maximum atomic E-state index is 13.1. The Kier molecular flexibility index (Phi) is 3.61. The molecular formula is C11H15FN2S. The highest BCUT2D eigenvalue weighted by Crippen LogP contribution is 2.35. The number of rotatable bonds is 3. The molecule has 2 atom stereocenters. The van der Waals surface area contributed by atoms with E-state index in [9.17, 15) is 4.39 Å². The number of halogens is 1.